The zero-order valence-electron chi connectivity index (χ0n) is 10.7. The molecule has 1 aromatic rings. The third-order valence-corrected chi connectivity index (χ3v) is 3.34. The van der Waals surface area contributed by atoms with Crippen molar-refractivity contribution in [1.29, 1.82) is 0 Å². The SMILES string of the molecule is O=C(O)Cn1cc(C(=O)NCC2CCCCC2)nn1. The van der Waals surface area contributed by atoms with E-state index in [1.807, 2.05) is 0 Å². The lowest BCUT2D eigenvalue weighted by Gasteiger charge is -2.21. The Hall–Kier alpha value is -1.92. The van der Waals surface area contributed by atoms with Gasteiger partial charge in [0.25, 0.3) is 5.91 Å². The van der Waals surface area contributed by atoms with Gasteiger partial charge < -0.3 is 10.4 Å². The second-order valence-electron chi connectivity index (χ2n) is 4.91. The van der Waals surface area contributed by atoms with Gasteiger partial charge in [-0.3, -0.25) is 9.59 Å². The van der Waals surface area contributed by atoms with Crippen molar-refractivity contribution in [2.45, 2.75) is 38.6 Å². The first-order chi connectivity index (χ1) is 9.15. The lowest BCUT2D eigenvalue weighted by molar-refractivity contribution is -0.137. The minimum Gasteiger partial charge on any atom is -0.480 e. The molecule has 1 saturated carbocycles. The molecule has 104 valence electrons. The Morgan fingerprint density at radius 2 is 2.11 bits per heavy atom. The van der Waals surface area contributed by atoms with Crippen LogP contribution >= 0.6 is 0 Å². The fraction of sp³-hybridized carbons (Fsp3) is 0.667. The molecule has 0 unspecified atom stereocenters. The molecule has 19 heavy (non-hydrogen) atoms. The van der Waals surface area contributed by atoms with Crippen molar-refractivity contribution in [3.8, 4) is 0 Å². The maximum atomic E-state index is 11.8. The van der Waals surface area contributed by atoms with Crippen LogP contribution in [0, 0.1) is 5.92 Å². The molecular formula is C12H18N4O3. The van der Waals surface area contributed by atoms with Crippen LogP contribution < -0.4 is 5.32 Å². The van der Waals surface area contributed by atoms with Crippen LogP contribution in [0.25, 0.3) is 0 Å². The van der Waals surface area contributed by atoms with Gasteiger partial charge in [-0.15, -0.1) is 5.10 Å². The summed E-state index contributed by atoms with van der Waals surface area (Å²) in [4.78, 5) is 22.3. The van der Waals surface area contributed by atoms with E-state index in [9.17, 15) is 9.59 Å². The highest BCUT2D eigenvalue weighted by atomic mass is 16.4. The van der Waals surface area contributed by atoms with Gasteiger partial charge in [0.2, 0.25) is 0 Å². The highest BCUT2D eigenvalue weighted by Gasteiger charge is 2.16. The number of aromatic nitrogens is 3. The number of carboxylic acid groups (broad SMARTS) is 1. The van der Waals surface area contributed by atoms with Crippen molar-refractivity contribution in [3.63, 3.8) is 0 Å². The molecule has 0 aliphatic heterocycles. The molecule has 0 bridgehead atoms. The summed E-state index contributed by atoms with van der Waals surface area (Å²) in [5.74, 6) is -0.756. The van der Waals surface area contributed by atoms with E-state index < -0.39 is 5.97 Å². The standard InChI is InChI=1S/C12H18N4O3/c17-11(18)8-16-7-10(14-15-16)12(19)13-6-9-4-2-1-3-5-9/h7,9H,1-6,8H2,(H,13,19)(H,17,18). The second kappa shape index (κ2) is 6.31. The molecular weight excluding hydrogens is 248 g/mol. The summed E-state index contributed by atoms with van der Waals surface area (Å²) >= 11 is 0. The van der Waals surface area contributed by atoms with E-state index >= 15 is 0 Å². The molecule has 1 amide bonds. The number of nitrogens with one attached hydrogen (secondary N) is 1. The fourth-order valence-electron chi connectivity index (χ4n) is 2.34. The van der Waals surface area contributed by atoms with E-state index in [1.54, 1.807) is 0 Å². The molecule has 7 nitrogen and oxygen atoms in total. The number of carbonyl (C=O) groups is 2. The zero-order valence-corrected chi connectivity index (χ0v) is 10.7. The molecule has 2 N–H and O–H groups in total. The third kappa shape index (κ3) is 4.04. The number of hydrogen-bond acceptors (Lipinski definition) is 4. The summed E-state index contributed by atoms with van der Waals surface area (Å²) in [6.07, 6.45) is 7.42. The van der Waals surface area contributed by atoms with Crippen LogP contribution in [0.2, 0.25) is 0 Å². The monoisotopic (exact) mass is 266 g/mol. The number of rotatable bonds is 5. The molecule has 0 saturated heterocycles. The van der Waals surface area contributed by atoms with Crippen LogP contribution in [0.15, 0.2) is 6.20 Å². The Bertz CT molecular complexity index is 452. The number of amides is 1. The van der Waals surface area contributed by atoms with Crippen molar-refractivity contribution < 1.29 is 14.7 Å². The Balaban J connectivity index is 1.81. The summed E-state index contributed by atoms with van der Waals surface area (Å²) < 4.78 is 1.14. The summed E-state index contributed by atoms with van der Waals surface area (Å²) in [6.45, 7) is 0.369. The smallest absolute Gasteiger partial charge is 0.325 e. The number of nitrogens with zero attached hydrogens (tertiary/aromatic N) is 3. The van der Waals surface area contributed by atoms with Gasteiger partial charge in [0, 0.05) is 6.54 Å². The van der Waals surface area contributed by atoms with Crippen LogP contribution in [0.1, 0.15) is 42.6 Å². The van der Waals surface area contributed by atoms with E-state index in [0.29, 0.717) is 12.5 Å². The van der Waals surface area contributed by atoms with Gasteiger partial charge in [-0.1, -0.05) is 24.5 Å². The Morgan fingerprint density at radius 1 is 1.37 bits per heavy atom. The third-order valence-electron chi connectivity index (χ3n) is 3.34. The quantitative estimate of drug-likeness (QED) is 0.816. The Labute approximate surface area is 111 Å². The predicted octanol–water partition coefficient (Wildman–Crippen LogP) is 0.673. The van der Waals surface area contributed by atoms with Gasteiger partial charge in [-0.25, -0.2) is 4.68 Å². The maximum absolute atomic E-state index is 11.8. The van der Waals surface area contributed by atoms with Crippen molar-refractivity contribution in [3.05, 3.63) is 11.9 Å². The Morgan fingerprint density at radius 3 is 2.79 bits per heavy atom. The van der Waals surface area contributed by atoms with Gasteiger partial charge in [0.15, 0.2) is 5.69 Å². The number of aliphatic carboxylic acids is 1. The lowest BCUT2D eigenvalue weighted by atomic mass is 9.89. The average molecular weight is 266 g/mol. The topological polar surface area (TPSA) is 97.1 Å². The summed E-state index contributed by atoms with van der Waals surface area (Å²) in [5, 5.41) is 18.7. The van der Waals surface area contributed by atoms with E-state index in [2.05, 4.69) is 15.6 Å². The highest BCUT2D eigenvalue weighted by molar-refractivity contribution is 5.91. The first-order valence-electron chi connectivity index (χ1n) is 6.55. The number of carbonyl (C=O) groups excluding carboxylic acids is 1. The minimum absolute atomic E-state index is 0.164. The molecule has 0 aromatic carbocycles. The van der Waals surface area contributed by atoms with E-state index in [-0.39, 0.29) is 18.1 Å². The van der Waals surface area contributed by atoms with Crippen LogP contribution in [0.3, 0.4) is 0 Å². The summed E-state index contributed by atoms with van der Waals surface area (Å²) in [5.41, 5.74) is 0.164. The van der Waals surface area contributed by atoms with E-state index in [0.717, 1.165) is 17.5 Å². The second-order valence-corrected chi connectivity index (χ2v) is 4.91. The summed E-state index contributed by atoms with van der Waals surface area (Å²) in [6, 6.07) is 0. The molecule has 0 atom stereocenters. The van der Waals surface area contributed by atoms with Gasteiger partial charge in [0.05, 0.1) is 6.20 Å². The minimum atomic E-state index is -1.01. The van der Waals surface area contributed by atoms with Crippen molar-refractivity contribution in [2.75, 3.05) is 6.54 Å². The zero-order chi connectivity index (χ0) is 13.7. The largest absolute Gasteiger partial charge is 0.480 e. The molecule has 1 fully saturated rings. The molecule has 1 aliphatic rings. The molecule has 1 aromatic heterocycles. The number of hydrogen-bond donors (Lipinski definition) is 2. The van der Waals surface area contributed by atoms with Crippen LogP contribution in [-0.2, 0) is 11.3 Å². The molecule has 7 heteroatoms. The fourth-order valence-corrected chi connectivity index (χ4v) is 2.34. The van der Waals surface area contributed by atoms with E-state index in [1.165, 1.54) is 25.5 Å². The van der Waals surface area contributed by atoms with Crippen molar-refractivity contribution >= 4 is 11.9 Å². The van der Waals surface area contributed by atoms with Gasteiger partial charge >= 0.3 is 5.97 Å². The van der Waals surface area contributed by atoms with Crippen molar-refractivity contribution in [2.24, 2.45) is 5.92 Å². The normalized spacial score (nSPS) is 16.2. The highest BCUT2D eigenvalue weighted by Crippen LogP contribution is 2.22. The van der Waals surface area contributed by atoms with E-state index in [4.69, 9.17) is 5.11 Å². The van der Waals surface area contributed by atoms with Crippen LogP contribution in [0.5, 0.6) is 0 Å². The van der Waals surface area contributed by atoms with Crippen molar-refractivity contribution in [1.82, 2.24) is 20.3 Å². The molecule has 1 aliphatic carbocycles. The van der Waals surface area contributed by atoms with Crippen LogP contribution in [-0.4, -0.2) is 38.5 Å². The predicted molar refractivity (Wildman–Crippen MR) is 66.6 cm³/mol. The Kier molecular flexibility index (Phi) is 4.48. The van der Waals surface area contributed by atoms with Gasteiger partial charge in [-0.05, 0) is 18.8 Å². The first kappa shape index (κ1) is 13.5. The number of carboxylic acids is 1. The first-order valence-corrected chi connectivity index (χ1v) is 6.55. The van der Waals surface area contributed by atoms with Crippen LogP contribution in [0.4, 0.5) is 0 Å². The average Bonchev–Trinajstić information content (AvgIpc) is 2.85. The maximum Gasteiger partial charge on any atom is 0.325 e. The molecule has 2 rings (SSSR count). The van der Waals surface area contributed by atoms with Gasteiger partial charge in [0.1, 0.15) is 6.54 Å². The van der Waals surface area contributed by atoms with Gasteiger partial charge in [-0.2, -0.15) is 0 Å². The molecule has 0 radical (unpaired) electrons. The summed E-state index contributed by atoms with van der Waals surface area (Å²) in [7, 11) is 0. The molecule has 0 spiro atoms. The lowest BCUT2D eigenvalue weighted by Crippen LogP contribution is -2.30. The molecule has 1 heterocycles.